The number of hydrogen-bond donors (Lipinski definition) is 2. The maximum Gasteiger partial charge on any atom is 0.240 e. The number of rotatable bonds is 7. The van der Waals surface area contributed by atoms with Crippen LogP contribution in [0.15, 0.2) is 46.0 Å². The first kappa shape index (κ1) is 15.2. The van der Waals surface area contributed by atoms with Crippen molar-refractivity contribution in [1.29, 1.82) is 0 Å². The normalized spacial score (nSPS) is 11.7. The molecule has 0 aliphatic carbocycles. The summed E-state index contributed by atoms with van der Waals surface area (Å²) in [5.74, 6) is 0. The monoisotopic (exact) mass is 310 g/mol. The molecule has 1 aromatic carbocycles. The lowest BCUT2D eigenvalue weighted by Gasteiger charge is -2.08. The summed E-state index contributed by atoms with van der Waals surface area (Å²) in [6.45, 7) is 3.87. The average Bonchev–Trinajstić information content (AvgIpc) is 2.97. The summed E-state index contributed by atoms with van der Waals surface area (Å²) in [5.41, 5.74) is 1.94. The van der Waals surface area contributed by atoms with Crippen LogP contribution in [0.3, 0.4) is 0 Å². The molecule has 0 radical (unpaired) electrons. The summed E-state index contributed by atoms with van der Waals surface area (Å²) < 4.78 is 27.1. The number of hydrogen-bond acceptors (Lipinski definition) is 4. The van der Waals surface area contributed by atoms with Gasteiger partial charge in [-0.2, -0.15) is 11.3 Å². The molecule has 1 aromatic heterocycles. The Kier molecular flexibility index (Phi) is 5.31. The Morgan fingerprint density at radius 3 is 2.70 bits per heavy atom. The molecule has 108 valence electrons. The van der Waals surface area contributed by atoms with Crippen molar-refractivity contribution in [2.24, 2.45) is 0 Å². The molecule has 0 aliphatic heterocycles. The molecule has 0 bridgehead atoms. The van der Waals surface area contributed by atoms with Crippen molar-refractivity contribution in [3.05, 3.63) is 52.2 Å². The van der Waals surface area contributed by atoms with Crippen molar-refractivity contribution >= 4 is 21.4 Å². The summed E-state index contributed by atoms with van der Waals surface area (Å²) in [5, 5.41) is 7.05. The minimum absolute atomic E-state index is 0.308. The molecule has 1 heterocycles. The summed E-state index contributed by atoms with van der Waals surface area (Å²) in [6.07, 6.45) is 0. The highest BCUT2D eigenvalue weighted by molar-refractivity contribution is 7.89. The molecular formula is C14H18N2O2S2. The number of sulfonamides is 1. The van der Waals surface area contributed by atoms with Gasteiger partial charge in [-0.15, -0.1) is 0 Å². The van der Waals surface area contributed by atoms with Crippen LogP contribution >= 0.6 is 11.3 Å². The number of nitrogens with one attached hydrogen (secondary N) is 2. The van der Waals surface area contributed by atoms with Gasteiger partial charge in [-0.1, -0.05) is 19.1 Å². The van der Waals surface area contributed by atoms with Crippen molar-refractivity contribution in [3.8, 4) is 0 Å². The third kappa shape index (κ3) is 4.14. The Hall–Kier alpha value is -1.21. The van der Waals surface area contributed by atoms with E-state index in [1.165, 1.54) is 0 Å². The van der Waals surface area contributed by atoms with E-state index in [9.17, 15) is 8.42 Å². The van der Waals surface area contributed by atoms with Gasteiger partial charge in [0.15, 0.2) is 0 Å². The molecule has 2 N–H and O–H groups in total. The number of thiophene rings is 1. The minimum Gasteiger partial charge on any atom is -0.313 e. The van der Waals surface area contributed by atoms with Crippen LogP contribution in [0.5, 0.6) is 0 Å². The molecule has 0 saturated heterocycles. The van der Waals surface area contributed by atoms with Gasteiger partial charge >= 0.3 is 0 Å². The second kappa shape index (κ2) is 6.99. The van der Waals surface area contributed by atoms with Gasteiger partial charge in [0, 0.05) is 13.1 Å². The molecule has 0 amide bonds. The third-order valence-corrected chi connectivity index (χ3v) is 4.97. The topological polar surface area (TPSA) is 58.2 Å². The fraction of sp³-hybridized carbons (Fsp3) is 0.286. The van der Waals surface area contributed by atoms with E-state index in [0.717, 1.165) is 17.7 Å². The second-order valence-electron chi connectivity index (χ2n) is 4.38. The Morgan fingerprint density at radius 2 is 2.00 bits per heavy atom. The number of benzene rings is 1. The van der Waals surface area contributed by atoms with E-state index < -0.39 is 10.0 Å². The molecular weight excluding hydrogens is 292 g/mol. The zero-order valence-electron chi connectivity index (χ0n) is 11.3. The van der Waals surface area contributed by atoms with Crippen molar-refractivity contribution < 1.29 is 8.42 Å². The SMILES string of the molecule is CCNCc1cccc(S(=O)(=O)NCc2ccsc2)c1. The fourth-order valence-corrected chi connectivity index (χ4v) is 3.50. The van der Waals surface area contributed by atoms with Crippen LogP contribution in [0.1, 0.15) is 18.1 Å². The zero-order chi connectivity index (χ0) is 14.4. The van der Waals surface area contributed by atoms with Gasteiger partial charge in [0.25, 0.3) is 0 Å². The van der Waals surface area contributed by atoms with Crippen LogP contribution in [0, 0.1) is 0 Å². The summed E-state index contributed by atoms with van der Waals surface area (Å²) >= 11 is 1.55. The highest BCUT2D eigenvalue weighted by Crippen LogP contribution is 2.13. The third-order valence-electron chi connectivity index (χ3n) is 2.83. The Bertz CT molecular complexity index is 637. The quantitative estimate of drug-likeness (QED) is 0.825. The van der Waals surface area contributed by atoms with E-state index >= 15 is 0 Å². The van der Waals surface area contributed by atoms with Gasteiger partial charge in [0.05, 0.1) is 4.90 Å². The van der Waals surface area contributed by atoms with Crippen LogP contribution < -0.4 is 10.0 Å². The first-order valence-corrected chi connectivity index (χ1v) is 8.85. The molecule has 4 nitrogen and oxygen atoms in total. The fourth-order valence-electron chi connectivity index (χ4n) is 1.75. The van der Waals surface area contributed by atoms with Crippen LogP contribution in [0.2, 0.25) is 0 Å². The first-order chi connectivity index (χ1) is 9.62. The summed E-state index contributed by atoms with van der Waals surface area (Å²) in [4.78, 5) is 0.308. The molecule has 20 heavy (non-hydrogen) atoms. The minimum atomic E-state index is -3.46. The highest BCUT2D eigenvalue weighted by atomic mass is 32.2. The lowest BCUT2D eigenvalue weighted by atomic mass is 10.2. The van der Waals surface area contributed by atoms with Gasteiger partial charge in [0.1, 0.15) is 0 Å². The largest absolute Gasteiger partial charge is 0.313 e. The van der Waals surface area contributed by atoms with Crippen LogP contribution in [-0.4, -0.2) is 15.0 Å². The predicted octanol–water partition coefficient (Wildman–Crippen LogP) is 2.34. The Labute approximate surface area is 123 Å². The molecule has 0 fully saturated rings. The molecule has 0 unspecified atom stereocenters. The zero-order valence-corrected chi connectivity index (χ0v) is 12.9. The van der Waals surface area contributed by atoms with Gasteiger partial charge in [-0.3, -0.25) is 0 Å². The van der Waals surface area contributed by atoms with Crippen molar-refractivity contribution in [2.45, 2.75) is 24.9 Å². The van der Waals surface area contributed by atoms with Gasteiger partial charge in [-0.05, 0) is 46.6 Å². The van der Waals surface area contributed by atoms with Gasteiger partial charge in [0.2, 0.25) is 10.0 Å². The molecule has 2 rings (SSSR count). The lowest BCUT2D eigenvalue weighted by Crippen LogP contribution is -2.23. The van der Waals surface area contributed by atoms with Gasteiger partial charge in [-0.25, -0.2) is 13.1 Å². The van der Waals surface area contributed by atoms with E-state index in [1.807, 2.05) is 29.8 Å². The highest BCUT2D eigenvalue weighted by Gasteiger charge is 2.14. The molecule has 2 aromatic rings. The van der Waals surface area contributed by atoms with Gasteiger partial charge < -0.3 is 5.32 Å². The smallest absolute Gasteiger partial charge is 0.240 e. The lowest BCUT2D eigenvalue weighted by molar-refractivity contribution is 0.581. The standard InChI is InChI=1S/C14H18N2O2S2/c1-2-15-9-12-4-3-5-14(8-12)20(17,18)16-10-13-6-7-19-11-13/h3-8,11,15-16H,2,9-10H2,1H3. The predicted molar refractivity (Wildman–Crippen MR) is 82.2 cm³/mol. The van der Waals surface area contributed by atoms with E-state index in [2.05, 4.69) is 10.0 Å². The van der Waals surface area contributed by atoms with E-state index in [4.69, 9.17) is 0 Å². The molecule has 0 saturated carbocycles. The van der Waals surface area contributed by atoms with Crippen molar-refractivity contribution in [3.63, 3.8) is 0 Å². The molecule has 6 heteroatoms. The Morgan fingerprint density at radius 1 is 1.15 bits per heavy atom. The first-order valence-electron chi connectivity index (χ1n) is 6.42. The van der Waals surface area contributed by atoms with Crippen LogP contribution in [0.25, 0.3) is 0 Å². The summed E-state index contributed by atoms with van der Waals surface area (Å²) in [6, 6.07) is 8.92. The average molecular weight is 310 g/mol. The van der Waals surface area contributed by atoms with E-state index in [0.29, 0.717) is 18.0 Å². The van der Waals surface area contributed by atoms with Crippen molar-refractivity contribution in [1.82, 2.24) is 10.0 Å². The molecule has 0 spiro atoms. The maximum absolute atomic E-state index is 12.2. The molecule has 0 atom stereocenters. The second-order valence-corrected chi connectivity index (χ2v) is 6.93. The van der Waals surface area contributed by atoms with Crippen LogP contribution in [-0.2, 0) is 23.1 Å². The van der Waals surface area contributed by atoms with E-state index in [1.54, 1.807) is 29.5 Å². The Balaban J connectivity index is 2.08. The van der Waals surface area contributed by atoms with Crippen LogP contribution in [0.4, 0.5) is 0 Å². The van der Waals surface area contributed by atoms with Crippen molar-refractivity contribution in [2.75, 3.05) is 6.54 Å². The summed E-state index contributed by atoms with van der Waals surface area (Å²) in [7, 11) is -3.46. The maximum atomic E-state index is 12.2. The van der Waals surface area contributed by atoms with E-state index in [-0.39, 0.29) is 0 Å². The molecule has 0 aliphatic rings.